The first-order valence-corrected chi connectivity index (χ1v) is 9.30. The molecule has 2 fully saturated rings. The van der Waals surface area contributed by atoms with Crippen LogP contribution in [0.2, 0.25) is 0 Å². The molecular formula is C17H29N3S. The van der Waals surface area contributed by atoms with E-state index < -0.39 is 0 Å². The van der Waals surface area contributed by atoms with E-state index in [1.807, 2.05) is 11.3 Å². The normalized spacial score (nSPS) is 23.7. The van der Waals surface area contributed by atoms with Gasteiger partial charge >= 0.3 is 0 Å². The molecular weight excluding hydrogens is 278 g/mol. The molecule has 3 nitrogen and oxygen atoms in total. The second kappa shape index (κ2) is 6.35. The third-order valence-corrected chi connectivity index (χ3v) is 5.45. The summed E-state index contributed by atoms with van der Waals surface area (Å²) >= 11 is 1.84. The maximum absolute atomic E-state index is 4.89. The SMILES string of the molecule is CC(C)(C)c1csc(CN(CC2CCCNC2)C2CC2)n1. The summed E-state index contributed by atoms with van der Waals surface area (Å²) < 4.78 is 0. The summed E-state index contributed by atoms with van der Waals surface area (Å²) in [6.07, 6.45) is 5.51. The number of hydrogen-bond acceptors (Lipinski definition) is 4. The van der Waals surface area contributed by atoms with E-state index in [-0.39, 0.29) is 5.41 Å². The zero-order chi connectivity index (χ0) is 14.9. The Morgan fingerprint density at radius 2 is 2.14 bits per heavy atom. The van der Waals surface area contributed by atoms with Crippen molar-refractivity contribution in [1.82, 2.24) is 15.2 Å². The highest BCUT2D eigenvalue weighted by Gasteiger charge is 2.31. The minimum Gasteiger partial charge on any atom is -0.316 e. The molecule has 0 aromatic carbocycles. The van der Waals surface area contributed by atoms with Crippen molar-refractivity contribution in [3.05, 3.63) is 16.1 Å². The van der Waals surface area contributed by atoms with Gasteiger partial charge in [0.2, 0.25) is 0 Å². The monoisotopic (exact) mass is 307 g/mol. The van der Waals surface area contributed by atoms with Crippen molar-refractivity contribution in [2.24, 2.45) is 5.92 Å². The van der Waals surface area contributed by atoms with E-state index >= 15 is 0 Å². The zero-order valence-electron chi connectivity index (χ0n) is 13.7. The Morgan fingerprint density at radius 1 is 1.33 bits per heavy atom. The lowest BCUT2D eigenvalue weighted by atomic mass is 9.93. The first kappa shape index (κ1) is 15.4. The molecule has 1 saturated carbocycles. The van der Waals surface area contributed by atoms with Crippen molar-refractivity contribution in [1.29, 1.82) is 0 Å². The summed E-state index contributed by atoms with van der Waals surface area (Å²) in [6, 6.07) is 0.828. The first-order chi connectivity index (χ1) is 10.0. The van der Waals surface area contributed by atoms with Crippen LogP contribution >= 0.6 is 11.3 Å². The van der Waals surface area contributed by atoms with Gasteiger partial charge in [-0.05, 0) is 44.7 Å². The Balaban J connectivity index is 1.61. The number of rotatable bonds is 5. The van der Waals surface area contributed by atoms with E-state index in [0.717, 1.165) is 18.5 Å². The fourth-order valence-corrected chi connectivity index (χ4v) is 4.14. The molecule has 1 aromatic heterocycles. The molecule has 1 aromatic rings. The second-order valence-corrected chi connectivity index (χ2v) is 8.69. The predicted molar refractivity (Wildman–Crippen MR) is 89.8 cm³/mol. The lowest BCUT2D eigenvalue weighted by Gasteiger charge is -2.29. The van der Waals surface area contributed by atoms with Crippen LogP contribution < -0.4 is 5.32 Å². The summed E-state index contributed by atoms with van der Waals surface area (Å²) in [5, 5.41) is 7.10. The molecule has 3 rings (SSSR count). The molecule has 0 radical (unpaired) electrons. The van der Waals surface area contributed by atoms with Crippen LogP contribution in [0.3, 0.4) is 0 Å². The summed E-state index contributed by atoms with van der Waals surface area (Å²) in [6.45, 7) is 11.5. The first-order valence-electron chi connectivity index (χ1n) is 8.42. The molecule has 118 valence electrons. The van der Waals surface area contributed by atoms with Crippen molar-refractivity contribution in [3.8, 4) is 0 Å². The van der Waals surface area contributed by atoms with Gasteiger partial charge in [-0.15, -0.1) is 11.3 Å². The number of thiazole rings is 1. The highest BCUT2D eigenvalue weighted by molar-refractivity contribution is 7.09. The molecule has 0 spiro atoms. The maximum Gasteiger partial charge on any atom is 0.107 e. The molecule has 2 heterocycles. The molecule has 1 saturated heterocycles. The molecule has 0 amide bonds. The van der Waals surface area contributed by atoms with Gasteiger partial charge in [0.05, 0.1) is 12.2 Å². The van der Waals surface area contributed by atoms with Crippen molar-refractivity contribution >= 4 is 11.3 Å². The number of piperidine rings is 1. The van der Waals surface area contributed by atoms with Crippen LogP contribution in [-0.2, 0) is 12.0 Å². The molecule has 21 heavy (non-hydrogen) atoms. The van der Waals surface area contributed by atoms with Gasteiger partial charge in [0.15, 0.2) is 0 Å². The summed E-state index contributed by atoms with van der Waals surface area (Å²) in [5.74, 6) is 0.835. The minimum absolute atomic E-state index is 0.173. The van der Waals surface area contributed by atoms with E-state index in [9.17, 15) is 0 Å². The Bertz CT molecular complexity index is 453. The lowest BCUT2D eigenvalue weighted by molar-refractivity contribution is 0.192. The van der Waals surface area contributed by atoms with Gasteiger partial charge in [0.25, 0.3) is 0 Å². The predicted octanol–water partition coefficient (Wildman–Crippen LogP) is 3.40. The third-order valence-electron chi connectivity index (χ3n) is 4.61. The van der Waals surface area contributed by atoms with E-state index in [2.05, 4.69) is 36.4 Å². The van der Waals surface area contributed by atoms with Gasteiger partial charge < -0.3 is 5.32 Å². The van der Waals surface area contributed by atoms with Crippen LogP contribution in [0.15, 0.2) is 5.38 Å². The van der Waals surface area contributed by atoms with Crippen LogP contribution in [0.25, 0.3) is 0 Å². The van der Waals surface area contributed by atoms with Gasteiger partial charge in [-0.2, -0.15) is 0 Å². The summed E-state index contributed by atoms with van der Waals surface area (Å²) in [4.78, 5) is 7.58. The van der Waals surface area contributed by atoms with Gasteiger partial charge in [0, 0.05) is 23.4 Å². The molecule has 1 atom stereocenters. The largest absolute Gasteiger partial charge is 0.316 e. The Labute approximate surface area is 133 Å². The fourth-order valence-electron chi connectivity index (χ4n) is 3.10. The van der Waals surface area contributed by atoms with Crippen LogP contribution in [-0.4, -0.2) is 35.6 Å². The number of aromatic nitrogens is 1. The van der Waals surface area contributed by atoms with Crippen molar-refractivity contribution in [2.75, 3.05) is 19.6 Å². The molecule has 4 heteroatoms. The van der Waals surface area contributed by atoms with Gasteiger partial charge in [-0.1, -0.05) is 20.8 Å². The van der Waals surface area contributed by atoms with Crippen LogP contribution in [0.5, 0.6) is 0 Å². The van der Waals surface area contributed by atoms with E-state index in [4.69, 9.17) is 4.98 Å². The molecule has 1 N–H and O–H groups in total. The van der Waals surface area contributed by atoms with Crippen LogP contribution in [0.1, 0.15) is 57.2 Å². The van der Waals surface area contributed by atoms with E-state index in [1.54, 1.807) is 0 Å². The highest BCUT2D eigenvalue weighted by Crippen LogP contribution is 2.31. The van der Waals surface area contributed by atoms with Crippen LogP contribution in [0, 0.1) is 5.92 Å². The molecule has 1 aliphatic heterocycles. The molecule has 2 aliphatic rings. The summed E-state index contributed by atoms with van der Waals surface area (Å²) in [7, 11) is 0. The average molecular weight is 308 g/mol. The van der Waals surface area contributed by atoms with E-state index in [1.165, 1.54) is 56.0 Å². The maximum atomic E-state index is 4.89. The van der Waals surface area contributed by atoms with E-state index in [0.29, 0.717) is 0 Å². The topological polar surface area (TPSA) is 28.2 Å². The number of nitrogens with one attached hydrogen (secondary N) is 1. The average Bonchev–Trinajstić information content (AvgIpc) is 3.17. The zero-order valence-corrected chi connectivity index (χ0v) is 14.5. The van der Waals surface area contributed by atoms with Crippen molar-refractivity contribution in [2.45, 2.75) is 64.5 Å². The lowest BCUT2D eigenvalue weighted by Crippen LogP contribution is -2.39. The van der Waals surface area contributed by atoms with Gasteiger partial charge in [0.1, 0.15) is 5.01 Å². The summed E-state index contributed by atoms with van der Waals surface area (Å²) in [5.41, 5.74) is 1.42. The quantitative estimate of drug-likeness (QED) is 0.903. The Kier molecular flexibility index (Phi) is 4.67. The van der Waals surface area contributed by atoms with Crippen molar-refractivity contribution < 1.29 is 0 Å². The van der Waals surface area contributed by atoms with Gasteiger partial charge in [-0.3, -0.25) is 4.90 Å². The third kappa shape index (κ3) is 4.27. The van der Waals surface area contributed by atoms with Crippen LogP contribution in [0.4, 0.5) is 0 Å². The Morgan fingerprint density at radius 3 is 2.71 bits per heavy atom. The van der Waals surface area contributed by atoms with Crippen molar-refractivity contribution in [3.63, 3.8) is 0 Å². The standard InChI is InChI=1S/C17H29N3S/c1-17(2,3)15-12-21-16(19-15)11-20(14-6-7-14)10-13-5-4-8-18-9-13/h12-14,18H,4-11H2,1-3H3. The Hall–Kier alpha value is -0.450. The second-order valence-electron chi connectivity index (χ2n) is 7.75. The number of hydrogen-bond donors (Lipinski definition) is 1. The highest BCUT2D eigenvalue weighted by atomic mass is 32.1. The number of nitrogens with zero attached hydrogens (tertiary/aromatic N) is 2. The molecule has 0 bridgehead atoms. The minimum atomic E-state index is 0.173. The smallest absolute Gasteiger partial charge is 0.107 e. The fraction of sp³-hybridized carbons (Fsp3) is 0.824. The molecule has 1 aliphatic carbocycles. The van der Waals surface area contributed by atoms with Gasteiger partial charge in [-0.25, -0.2) is 4.98 Å². The molecule has 1 unspecified atom stereocenters.